The van der Waals surface area contributed by atoms with Gasteiger partial charge in [0.1, 0.15) is 17.6 Å². The van der Waals surface area contributed by atoms with Crippen LogP contribution in [0.2, 0.25) is 0 Å². The molecule has 1 aliphatic rings. The average molecular weight is 452 g/mol. The number of furan rings is 1. The van der Waals surface area contributed by atoms with Gasteiger partial charge in [0.05, 0.1) is 6.54 Å². The normalized spacial score (nSPS) is 14.3. The quantitative estimate of drug-likeness (QED) is 0.448. The van der Waals surface area contributed by atoms with Crippen molar-refractivity contribution >= 4 is 22.8 Å². The molecule has 1 aromatic carbocycles. The van der Waals surface area contributed by atoms with Crippen molar-refractivity contribution in [2.24, 2.45) is 0 Å². The van der Waals surface area contributed by atoms with Gasteiger partial charge in [-0.05, 0) is 42.5 Å². The number of benzene rings is 1. The Labute approximate surface area is 181 Å². The third kappa shape index (κ3) is 5.91. The number of carboxylic acids is 2. The number of carboxylic acid groups (broad SMARTS) is 2. The van der Waals surface area contributed by atoms with E-state index >= 15 is 0 Å². The molecule has 2 heterocycles. The van der Waals surface area contributed by atoms with Crippen molar-refractivity contribution in [2.75, 3.05) is 0 Å². The van der Waals surface area contributed by atoms with Gasteiger partial charge >= 0.3 is 18.1 Å². The van der Waals surface area contributed by atoms with Gasteiger partial charge in [-0.15, -0.1) is 0 Å². The molecule has 1 aliphatic carbocycles. The Bertz CT molecular complexity index is 1060. The van der Waals surface area contributed by atoms with Crippen molar-refractivity contribution in [2.45, 2.75) is 50.9 Å². The number of para-hydroxylation sites is 1. The highest BCUT2D eigenvalue weighted by Crippen LogP contribution is 2.25. The third-order valence-electron chi connectivity index (χ3n) is 5.21. The van der Waals surface area contributed by atoms with Crippen molar-refractivity contribution < 1.29 is 37.4 Å². The molecule has 0 amide bonds. The molecule has 172 valence electrons. The first kappa shape index (κ1) is 23.4. The lowest BCUT2D eigenvalue weighted by Crippen LogP contribution is -2.37. The fraction of sp³-hybridized carbons (Fsp3) is 0.364. The van der Waals surface area contributed by atoms with Crippen molar-refractivity contribution in [3.05, 3.63) is 59.2 Å². The first-order valence-electron chi connectivity index (χ1n) is 10.1. The second kappa shape index (κ2) is 9.90. The Morgan fingerprint density at radius 3 is 2.50 bits per heavy atom. The lowest BCUT2D eigenvalue weighted by Gasteiger charge is -2.13. The molecule has 0 saturated carbocycles. The second-order valence-corrected chi connectivity index (χ2v) is 7.51. The SMILES string of the molecule is O=C(O)C(F)(F)F.O=C(O)[C@@H](Cc1c[nH]c2ccccc12)NCc1cc2c(o1)CCCC2. The summed E-state index contributed by atoms with van der Waals surface area (Å²) in [5.74, 6) is -1.70. The zero-order valence-electron chi connectivity index (χ0n) is 17.0. The zero-order chi connectivity index (χ0) is 23.3. The number of carbonyl (C=O) groups is 2. The minimum absolute atomic E-state index is 0.430. The fourth-order valence-corrected chi connectivity index (χ4v) is 3.63. The standard InChI is InChI=1S/C20H22N2O3.C2HF3O2/c23-20(24)18(10-14-11-21-17-7-3-2-6-16(14)17)22-12-15-9-13-5-1-4-8-19(13)25-15;3-2(4,5)1(6)7/h2-3,6-7,9,11,18,21-22H,1,4-5,8,10,12H2,(H,23,24);(H,6,7)/t18-;/m1./s1. The minimum atomic E-state index is -5.08. The predicted octanol–water partition coefficient (Wildman–Crippen LogP) is 4.06. The topological polar surface area (TPSA) is 116 Å². The summed E-state index contributed by atoms with van der Waals surface area (Å²) >= 11 is 0. The van der Waals surface area contributed by atoms with Gasteiger partial charge in [0.2, 0.25) is 0 Å². The molecule has 2 aromatic heterocycles. The van der Waals surface area contributed by atoms with Crippen molar-refractivity contribution in [1.82, 2.24) is 10.3 Å². The Morgan fingerprint density at radius 2 is 1.84 bits per heavy atom. The second-order valence-electron chi connectivity index (χ2n) is 7.51. The maximum Gasteiger partial charge on any atom is 0.490 e. The molecule has 0 bridgehead atoms. The van der Waals surface area contributed by atoms with Crippen molar-refractivity contribution in [3.8, 4) is 0 Å². The number of hydrogen-bond acceptors (Lipinski definition) is 4. The number of hydrogen-bond donors (Lipinski definition) is 4. The van der Waals surface area contributed by atoms with E-state index in [1.54, 1.807) is 0 Å². The van der Waals surface area contributed by atoms with E-state index in [1.807, 2.05) is 30.5 Å². The summed E-state index contributed by atoms with van der Waals surface area (Å²) in [5.41, 5.74) is 3.32. The summed E-state index contributed by atoms with van der Waals surface area (Å²) in [4.78, 5) is 23.8. The molecule has 0 radical (unpaired) electrons. The minimum Gasteiger partial charge on any atom is -0.480 e. The lowest BCUT2D eigenvalue weighted by atomic mass is 9.99. The van der Waals surface area contributed by atoms with E-state index in [0.29, 0.717) is 13.0 Å². The van der Waals surface area contributed by atoms with E-state index in [1.165, 1.54) is 18.4 Å². The van der Waals surface area contributed by atoms with Crippen LogP contribution in [0.1, 0.15) is 35.5 Å². The highest BCUT2D eigenvalue weighted by molar-refractivity contribution is 5.84. The molecule has 1 atom stereocenters. The number of alkyl halides is 3. The number of aryl methyl sites for hydroxylation is 2. The van der Waals surface area contributed by atoms with Crippen LogP contribution in [-0.2, 0) is 35.4 Å². The summed E-state index contributed by atoms with van der Waals surface area (Å²) in [5, 5.41) is 20.9. The van der Waals surface area contributed by atoms with Crippen LogP contribution < -0.4 is 5.32 Å². The van der Waals surface area contributed by atoms with Crippen LogP contribution in [0.15, 0.2) is 40.9 Å². The maximum absolute atomic E-state index is 11.7. The van der Waals surface area contributed by atoms with E-state index in [2.05, 4.69) is 16.4 Å². The van der Waals surface area contributed by atoms with Crippen LogP contribution in [0.25, 0.3) is 10.9 Å². The van der Waals surface area contributed by atoms with E-state index in [-0.39, 0.29) is 0 Å². The van der Waals surface area contributed by atoms with Gasteiger partial charge in [0.25, 0.3) is 0 Å². The van der Waals surface area contributed by atoms with Crippen LogP contribution in [0.5, 0.6) is 0 Å². The maximum atomic E-state index is 11.7. The van der Waals surface area contributed by atoms with Gasteiger partial charge in [-0.25, -0.2) is 4.79 Å². The zero-order valence-corrected chi connectivity index (χ0v) is 17.0. The highest BCUT2D eigenvalue weighted by Gasteiger charge is 2.38. The first-order chi connectivity index (χ1) is 15.1. The highest BCUT2D eigenvalue weighted by atomic mass is 19.4. The summed E-state index contributed by atoms with van der Waals surface area (Å²) in [7, 11) is 0. The molecule has 10 heteroatoms. The van der Waals surface area contributed by atoms with E-state index in [4.69, 9.17) is 14.3 Å². The molecule has 0 aliphatic heterocycles. The van der Waals surface area contributed by atoms with Gasteiger partial charge in [0.15, 0.2) is 0 Å². The van der Waals surface area contributed by atoms with Crippen LogP contribution in [0.3, 0.4) is 0 Å². The molecule has 4 rings (SSSR count). The molecule has 0 spiro atoms. The van der Waals surface area contributed by atoms with Crippen LogP contribution in [0, 0.1) is 0 Å². The molecule has 4 N–H and O–H groups in total. The van der Waals surface area contributed by atoms with Crippen LogP contribution in [-0.4, -0.2) is 39.4 Å². The summed E-state index contributed by atoms with van der Waals surface area (Å²) in [6.45, 7) is 0.437. The number of fused-ring (bicyclic) bond motifs is 2. The molecular weight excluding hydrogens is 429 g/mol. The van der Waals surface area contributed by atoms with Gasteiger partial charge in [-0.3, -0.25) is 10.1 Å². The van der Waals surface area contributed by atoms with Crippen molar-refractivity contribution in [1.29, 1.82) is 0 Å². The van der Waals surface area contributed by atoms with Crippen LogP contribution >= 0.6 is 0 Å². The lowest BCUT2D eigenvalue weighted by molar-refractivity contribution is -0.192. The number of aromatic nitrogens is 1. The van der Waals surface area contributed by atoms with Crippen molar-refractivity contribution in [3.63, 3.8) is 0 Å². The number of H-pyrrole nitrogens is 1. The first-order valence-corrected chi connectivity index (χ1v) is 10.1. The summed E-state index contributed by atoms with van der Waals surface area (Å²) in [6, 6.07) is 9.37. The monoisotopic (exact) mass is 452 g/mol. The predicted molar refractivity (Wildman–Crippen MR) is 109 cm³/mol. The Kier molecular flexibility index (Phi) is 7.24. The van der Waals surface area contributed by atoms with Gasteiger partial charge in [-0.2, -0.15) is 13.2 Å². The Balaban J connectivity index is 0.000000360. The molecule has 0 unspecified atom stereocenters. The third-order valence-corrected chi connectivity index (χ3v) is 5.21. The van der Waals surface area contributed by atoms with Gasteiger partial charge < -0.3 is 19.6 Å². The smallest absolute Gasteiger partial charge is 0.480 e. The largest absolute Gasteiger partial charge is 0.490 e. The number of halogens is 3. The average Bonchev–Trinajstić information content (AvgIpc) is 3.34. The fourth-order valence-electron chi connectivity index (χ4n) is 3.63. The summed E-state index contributed by atoms with van der Waals surface area (Å²) < 4.78 is 37.6. The molecule has 3 aromatic rings. The van der Waals surface area contributed by atoms with Crippen LogP contribution in [0.4, 0.5) is 13.2 Å². The molecule has 0 saturated heterocycles. The molecule has 32 heavy (non-hydrogen) atoms. The van der Waals surface area contributed by atoms with Gasteiger partial charge in [0, 0.05) is 29.9 Å². The number of aromatic amines is 1. The molecule has 0 fully saturated rings. The number of aliphatic carboxylic acids is 2. The Morgan fingerprint density at radius 1 is 1.16 bits per heavy atom. The number of nitrogens with one attached hydrogen (secondary N) is 2. The molecular formula is C22H23F3N2O5. The van der Waals surface area contributed by atoms with E-state index < -0.39 is 24.2 Å². The van der Waals surface area contributed by atoms with E-state index in [9.17, 15) is 23.1 Å². The van der Waals surface area contributed by atoms with E-state index in [0.717, 1.165) is 40.8 Å². The number of rotatable bonds is 6. The van der Waals surface area contributed by atoms with Gasteiger partial charge in [-0.1, -0.05) is 18.2 Å². The molecule has 7 nitrogen and oxygen atoms in total. The summed E-state index contributed by atoms with van der Waals surface area (Å²) in [6.07, 6.45) is 1.68. The Hall–Kier alpha value is -3.27.